The average molecular weight is 480 g/mol. The summed E-state index contributed by atoms with van der Waals surface area (Å²) in [5.74, 6) is 0.413. The average Bonchev–Trinajstić information content (AvgIpc) is 3.48. The van der Waals surface area contributed by atoms with Gasteiger partial charge in [0.15, 0.2) is 0 Å². The van der Waals surface area contributed by atoms with Crippen LogP contribution in [0.25, 0.3) is 27.8 Å². The second-order valence-electron chi connectivity index (χ2n) is 8.36. The Labute approximate surface area is 205 Å². The van der Waals surface area contributed by atoms with Gasteiger partial charge >= 0.3 is 5.63 Å². The van der Waals surface area contributed by atoms with Crippen LogP contribution in [0, 0.1) is 0 Å². The lowest BCUT2D eigenvalue weighted by molar-refractivity contribution is -0.128. The van der Waals surface area contributed by atoms with E-state index in [0.29, 0.717) is 34.7 Å². The molecule has 1 aliphatic rings. The molecule has 1 amide bonds. The van der Waals surface area contributed by atoms with Gasteiger partial charge in [-0.2, -0.15) is 5.10 Å². The van der Waals surface area contributed by atoms with E-state index in [1.807, 2.05) is 96.0 Å². The van der Waals surface area contributed by atoms with Crippen molar-refractivity contribution in [3.63, 3.8) is 0 Å². The number of thioether (sulfide) groups is 1. The highest BCUT2D eigenvalue weighted by Gasteiger charge is 2.37. The molecule has 3 aromatic carbocycles. The lowest BCUT2D eigenvalue weighted by Gasteiger charge is -2.23. The maximum absolute atomic E-state index is 13.1. The van der Waals surface area contributed by atoms with Crippen molar-refractivity contribution in [2.24, 2.45) is 0 Å². The third kappa shape index (κ3) is 4.04. The topological polar surface area (TPSA) is 68.3 Å². The van der Waals surface area contributed by atoms with Gasteiger partial charge < -0.3 is 9.32 Å². The van der Waals surface area contributed by atoms with Crippen LogP contribution in [-0.4, -0.2) is 26.3 Å². The molecule has 0 N–H and O–H groups in total. The molecule has 1 fully saturated rings. The van der Waals surface area contributed by atoms with Gasteiger partial charge in [-0.05, 0) is 29.8 Å². The van der Waals surface area contributed by atoms with Gasteiger partial charge in [0, 0.05) is 23.7 Å². The number of carbonyl (C=O) groups excluding carboxylic acids is 1. The number of hydrogen-bond donors (Lipinski definition) is 0. The number of nitrogens with zero attached hydrogens (tertiary/aromatic N) is 3. The molecule has 2 aromatic heterocycles. The number of benzene rings is 3. The smallest absolute Gasteiger partial charge is 0.344 e. The summed E-state index contributed by atoms with van der Waals surface area (Å²) in [5.41, 5.74) is 3.79. The third-order valence-electron chi connectivity index (χ3n) is 6.09. The first-order valence-electron chi connectivity index (χ1n) is 11.3. The first-order valence-corrected chi connectivity index (χ1v) is 12.4. The Kier molecular flexibility index (Phi) is 5.47. The SMILES string of the molecule is O=C1CS[C@H](c2nn(-c3ccccc3)cc2-c2cc3ccccc3oc2=O)N1Cc1ccccc1. The van der Waals surface area contributed by atoms with Crippen molar-refractivity contribution in [3.8, 4) is 16.8 Å². The van der Waals surface area contributed by atoms with Gasteiger partial charge in [0.05, 0.1) is 17.0 Å². The van der Waals surface area contributed by atoms with Crippen molar-refractivity contribution >= 4 is 28.6 Å². The van der Waals surface area contributed by atoms with Crippen LogP contribution in [0.5, 0.6) is 0 Å². The first-order chi connectivity index (χ1) is 17.2. The monoisotopic (exact) mass is 479 g/mol. The standard InChI is InChI=1S/C28H21N3O3S/c32-25-18-35-27(30(25)16-19-9-3-1-4-10-19)26-23(17-31(29-26)21-12-5-2-6-13-21)22-15-20-11-7-8-14-24(20)34-28(22)33/h1-15,17,27H,16,18H2/t27-/m1/s1. The van der Waals surface area contributed by atoms with E-state index in [0.717, 1.165) is 16.6 Å². The molecule has 3 heterocycles. The normalized spacial score (nSPS) is 15.7. The molecule has 0 bridgehead atoms. The van der Waals surface area contributed by atoms with Crippen molar-refractivity contribution in [3.05, 3.63) is 119 Å². The highest BCUT2D eigenvalue weighted by atomic mass is 32.2. The molecular weight excluding hydrogens is 458 g/mol. The molecule has 5 aromatic rings. The van der Waals surface area contributed by atoms with E-state index in [2.05, 4.69) is 0 Å². The molecule has 172 valence electrons. The van der Waals surface area contributed by atoms with Gasteiger partial charge in [0.25, 0.3) is 0 Å². The number of aromatic nitrogens is 2. The summed E-state index contributed by atoms with van der Waals surface area (Å²) in [7, 11) is 0. The minimum Gasteiger partial charge on any atom is -0.422 e. The molecule has 1 aliphatic heterocycles. The highest BCUT2D eigenvalue weighted by molar-refractivity contribution is 8.00. The van der Waals surface area contributed by atoms with E-state index in [9.17, 15) is 9.59 Å². The van der Waals surface area contributed by atoms with Gasteiger partial charge in [-0.1, -0.05) is 66.7 Å². The van der Waals surface area contributed by atoms with Gasteiger partial charge in [-0.15, -0.1) is 11.8 Å². The number of hydrogen-bond acceptors (Lipinski definition) is 5. The summed E-state index contributed by atoms with van der Waals surface area (Å²) in [4.78, 5) is 27.8. The van der Waals surface area contributed by atoms with Crippen molar-refractivity contribution in [2.75, 3.05) is 5.75 Å². The van der Waals surface area contributed by atoms with E-state index in [-0.39, 0.29) is 11.3 Å². The minimum atomic E-state index is -0.429. The molecule has 6 rings (SSSR count). The van der Waals surface area contributed by atoms with E-state index >= 15 is 0 Å². The summed E-state index contributed by atoms with van der Waals surface area (Å²) in [5, 5.41) is 5.41. The van der Waals surface area contributed by atoms with Crippen LogP contribution in [0.1, 0.15) is 16.6 Å². The molecule has 6 nitrogen and oxygen atoms in total. The Morgan fingerprint density at radius 1 is 0.886 bits per heavy atom. The van der Waals surface area contributed by atoms with E-state index < -0.39 is 5.63 Å². The third-order valence-corrected chi connectivity index (χ3v) is 7.30. The van der Waals surface area contributed by atoms with Crippen LogP contribution in [0.4, 0.5) is 0 Å². The largest absolute Gasteiger partial charge is 0.422 e. The Hall–Kier alpha value is -4.10. The highest BCUT2D eigenvalue weighted by Crippen LogP contribution is 2.43. The summed E-state index contributed by atoms with van der Waals surface area (Å²) in [6.45, 7) is 0.474. The summed E-state index contributed by atoms with van der Waals surface area (Å²) >= 11 is 1.53. The number of carbonyl (C=O) groups is 1. The number of fused-ring (bicyclic) bond motifs is 1. The summed E-state index contributed by atoms with van der Waals surface area (Å²) < 4.78 is 7.41. The van der Waals surface area contributed by atoms with Crippen molar-refractivity contribution in [1.82, 2.24) is 14.7 Å². The Bertz CT molecular complexity index is 1580. The maximum atomic E-state index is 13.1. The molecule has 35 heavy (non-hydrogen) atoms. The number of amides is 1. The van der Waals surface area contributed by atoms with Gasteiger partial charge in [0.1, 0.15) is 16.7 Å². The predicted molar refractivity (Wildman–Crippen MR) is 137 cm³/mol. The zero-order valence-electron chi connectivity index (χ0n) is 18.7. The van der Waals surface area contributed by atoms with Crippen LogP contribution in [-0.2, 0) is 11.3 Å². The fourth-order valence-corrected chi connectivity index (χ4v) is 5.54. The second-order valence-corrected chi connectivity index (χ2v) is 9.43. The Balaban J connectivity index is 1.51. The first kappa shape index (κ1) is 21.4. The van der Waals surface area contributed by atoms with Gasteiger partial charge in [-0.25, -0.2) is 9.48 Å². The molecule has 1 atom stereocenters. The summed E-state index contributed by atoms with van der Waals surface area (Å²) in [6, 6.07) is 28.9. The van der Waals surface area contributed by atoms with Crippen LogP contribution in [0.3, 0.4) is 0 Å². The molecule has 0 saturated carbocycles. The molecule has 7 heteroatoms. The second kappa shape index (κ2) is 8.92. The van der Waals surface area contributed by atoms with Crippen molar-refractivity contribution in [2.45, 2.75) is 11.9 Å². The quantitative estimate of drug-likeness (QED) is 0.315. The van der Waals surface area contributed by atoms with Crippen LogP contribution in [0.2, 0.25) is 0 Å². The molecular formula is C28H21N3O3S. The fraction of sp³-hybridized carbons (Fsp3) is 0.107. The van der Waals surface area contributed by atoms with Gasteiger partial charge in [0.2, 0.25) is 5.91 Å². The maximum Gasteiger partial charge on any atom is 0.344 e. The van der Waals surface area contributed by atoms with E-state index in [1.54, 1.807) is 10.7 Å². The van der Waals surface area contributed by atoms with Crippen molar-refractivity contribution < 1.29 is 9.21 Å². The fourth-order valence-electron chi connectivity index (χ4n) is 4.37. The zero-order valence-corrected chi connectivity index (χ0v) is 19.5. The Morgan fingerprint density at radius 3 is 2.40 bits per heavy atom. The van der Waals surface area contributed by atoms with Crippen LogP contribution >= 0.6 is 11.8 Å². The number of rotatable bonds is 5. The number of para-hydroxylation sites is 2. The predicted octanol–water partition coefficient (Wildman–Crippen LogP) is 5.42. The molecule has 0 radical (unpaired) electrons. The zero-order chi connectivity index (χ0) is 23.8. The molecule has 0 spiro atoms. The summed E-state index contributed by atoms with van der Waals surface area (Å²) in [6.07, 6.45) is 1.86. The molecule has 0 aliphatic carbocycles. The van der Waals surface area contributed by atoms with Crippen LogP contribution in [0.15, 0.2) is 106 Å². The van der Waals surface area contributed by atoms with Gasteiger partial charge in [-0.3, -0.25) is 4.79 Å². The van der Waals surface area contributed by atoms with Crippen LogP contribution < -0.4 is 5.63 Å². The molecule has 0 unspecified atom stereocenters. The Morgan fingerprint density at radius 2 is 1.60 bits per heavy atom. The lowest BCUT2D eigenvalue weighted by atomic mass is 10.1. The van der Waals surface area contributed by atoms with E-state index in [4.69, 9.17) is 9.52 Å². The lowest BCUT2D eigenvalue weighted by Crippen LogP contribution is -2.28. The van der Waals surface area contributed by atoms with Crippen molar-refractivity contribution in [1.29, 1.82) is 0 Å². The molecule has 1 saturated heterocycles. The van der Waals surface area contributed by atoms with E-state index in [1.165, 1.54) is 11.8 Å². The minimum absolute atomic E-state index is 0.0506.